The van der Waals surface area contributed by atoms with E-state index in [-0.39, 0.29) is 10.6 Å². The maximum Gasteiger partial charge on any atom is 0.235 e. The van der Waals surface area contributed by atoms with Gasteiger partial charge in [-0.1, -0.05) is 0 Å². The number of methoxy groups -OCH3 is 2. The number of isocyanates is 1. The molecule has 1 aromatic rings. The maximum atomic E-state index is 11.8. The van der Waals surface area contributed by atoms with Gasteiger partial charge in [0.05, 0.1) is 14.2 Å². The Bertz CT molecular complexity index is 700. The van der Waals surface area contributed by atoms with Gasteiger partial charge in [0.25, 0.3) is 0 Å². The first kappa shape index (κ1) is 15.5. The Labute approximate surface area is 123 Å². The number of carbonyl (C=O) groups excluding carboxylic acids is 1. The zero-order valence-electron chi connectivity index (χ0n) is 12.2. The van der Waals surface area contributed by atoms with E-state index in [0.29, 0.717) is 24.2 Å². The first-order chi connectivity index (χ1) is 9.88. The van der Waals surface area contributed by atoms with Crippen LogP contribution in [0.25, 0.3) is 0 Å². The van der Waals surface area contributed by atoms with E-state index in [9.17, 15) is 13.2 Å². The predicted octanol–water partition coefficient (Wildman–Crippen LogP) is 1.82. The average molecular weight is 311 g/mol. The third kappa shape index (κ3) is 2.66. The summed E-state index contributed by atoms with van der Waals surface area (Å²) in [7, 11) is -0.602. The Hall–Kier alpha value is -1.85. The van der Waals surface area contributed by atoms with Crippen LogP contribution in [0, 0.1) is 0 Å². The van der Waals surface area contributed by atoms with Gasteiger partial charge in [-0.25, -0.2) is 13.2 Å². The normalized spacial score (nSPS) is 16.5. The largest absolute Gasteiger partial charge is 0.496 e. The molecule has 21 heavy (non-hydrogen) atoms. The second-order valence-corrected chi connectivity index (χ2v) is 7.05. The van der Waals surface area contributed by atoms with Crippen molar-refractivity contribution in [2.45, 2.75) is 29.7 Å². The number of aliphatic imine (C=N–C) groups is 1. The van der Waals surface area contributed by atoms with Crippen LogP contribution in [0.1, 0.15) is 24.8 Å². The molecular weight excluding hydrogens is 294 g/mol. The Morgan fingerprint density at radius 2 is 1.81 bits per heavy atom. The van der Waals surface area contributed by atoms with Crippen molar-refractivity contribution in [3.05, 3.63) is 17.7 Å². The molecule has 0 aromatic heterocycles. The molecule has 0 saturated heterocycles. The second kappa shape index (κ2) is 5.50. The number of ether oxygens (including phenoxy) is 2. The second-order valence-electron chi connectivity index (χ2n) is 5.06. The first-order valence-electron chi connectivity index (χ1n) is 6.43. The molecule has 0 atom stereocenters. The van der Waals surface area contributed by atoms with Crippen molar-refractivity contribution in [3.63, 3.8) is 0 Å². The van der Waals surface area contributed by atoms with Gasteiger partial charge in [0.15, 0.2) is 9.84 Å². The maximum absolute atomic E-state index is 11.8. The summed E-state index contributed by atoms with van der Waals surface area (Å²) in [5.41, 5.74) is -0.0278. The topological polar surface area (TPSA) is 82.0 Å². The smallest absolute Gasteiger partial charge is 0.235 e. The molecule has 0 amide bonds. The van der Waals surface area contributed by atoms with Gasteiger partial charge in [0.2, 0.25) is 6.08 Å². The molecule has 0 radical (unpaired) electrons. The van der Waals surface area contributed by atoms with Crippen LogP contribution in [0.2, 0.25) is 0 Å². The van der Waals surface area contributed by atoms with Gasteiger partial charge in [0, 0.05) is 17.9 Å². The lowest BCUT2D eigenvalue weighted by molar-refractivity contribution is 0.244. The van der Waals surface area contributed by atoms with E-state index in [1.807, 2.05) is 0 Å². The van der Waals surface area contributed by atoms with E-state index >= 15 is 0 Å². The van der Waals surface area contributed by atoms with Crippen molar-refractivity contribution >= 4 is 15.9 Å². The van der Waals surface area contributed by atoms with Crippen molar-refractivity contribution in [2.75, 3.05) is 20.5 Å². The molecule has 1 aliphatic rings. The minimum atomic E-state index is -3.45. The summed E-state index contributed by atoms with van der Waals surface area (Å²) < 4.78 is 34.1. The van der Waals surface area contributed by atoms with Crippen molar-refractivity contribution in [2.24, 2.45) is 4.99 Å². The van der Waals surface area contributed by atoms with E-state index < -0.39 is 15.4 Å². The van der Waals surface area contributed by atoms with Crippen molar-refractivity contribution in [1.29, 1.82) is 0 Å². The van der Waals surface area contributed by atoms with Crippen LogP contribution in [0.4, 0.5) is 0 Å². The molecule has 0 aliphatic heterocycles. The summed E-state index contributed by atoms with van der Waals surface area (Å²) >= 11 is 0. The van der Waals surface area contributed by atoms with Crippen molar-refractivity contribution in [1.82, 2.24) is 0 Å². The highest BCUT2D eigenvalue weighted by atomic mass is 32.2. The Balaban J connectivity index is 2.70. The van der Waals surface area contributed by atoms with Crippen molar-refractivity contribution < 1.29 is 22.7 Å². The van der Waals surface area contributed by atoms with Gasteiger partial charge in [-0.3, -0.25) is 0 Å². The zero-order chi connectivity index (χ0) is 15.7. The monoisotopic (exact) mass is 311 g/mol. The highest BCUT2D eigenvalue weighted by Crippen LogP contribution is 2.50. The minimum Gasteiger partial charge on any atom is -0.496 e. The molecule has 1 aromatic carbocycles. The molecule has 0 unspecified atom stereocenters. The Morgan fingerprint density at radius 1 is 1.19 bits per heavy atom. The molecule has 2 rings (SSSR count). The molecule has 1 fully saturated rings. The van der Waals surface area contributed by atoms with E-state index in [4.69, 9.17) is 9.47 Å². The third-order valence-electron chi connectivity index (χ3n) is 3.83. The first-order valence-corrected chi connectivity index (χ1v) is 8.33. The van der Waals surface area contributed by atoms with E-state index in [1.165, 1.54) is 20.3 Å². The lowest BCUT2D eigenvalue weighted by Gasteiger charge is -2.38. The summed E-state index contributed by atoms with van der Waals surface area (Å²) in [6, 6.07) is 3.01. The molecule has 1 aliphatic carbocycles. The fraction of sp³-hybridized carbons (Fsp3) is 0.500. The SMILES string of the molecule is COc1cc(S(C)(=O)=O)c(OC)cc1C1(N=C=O)CCC1. The molecule has 0 heterocycles. The van der Waals surface area contributed by atoms with Gasteiger partial charge in [-0.2, -0.15) is 4.99 Å². The third-order valence-corrected chi connectivity index (χ3v) is 4.94. The summed E-state index contributed by atoms with van der Waals surface area (Å²) in [5, 5.41) is 0. The number of hydrogen-bond donors (Lipinski definition) is 0. The van der Waals surface area contributed by atoms with Gasteiger partial charge < -0.3 is 9.47 Å². The Morgan fingerprint density at radius 3 is 2.19 bits per heavy atom. The standard InChI is InChI=1S/C14H17NO5S/c1-19-11-8-13(21(3,17)18)12(20-2)7-10(11)14(15-9-16)5-4-6-14/h7-8H,4-6H2,1-3H3. The number of nitrogens with zero attached hydrogens (tertiary/aromatic N) is 1. The summed E-state index contributed by atoms with van der Waals surface area (Å²) in [5.74, 6) is 0.607. The molecule has 1 saturated carbocycles. The summed E-state index contributed by atoms with van der Waals surface area (Å²) in [6.07, 6.45) is 5.03. The predicted molar refractivity (Wildman–Crippen MR) is 76.3 cm³/mol. The van der Waals surface area contributed by atoms with Crippen LogP contribution in [0.15, 0.2) is 22.0 Å². The lowest BCUT2D eigenvalue weighted by Crippen LogP contribution is -2.32. The fourth-order valence-electron chi connectivity index (χ4n) is 2.56. The van der Waals surface area contributed by atoms with Gasteiger partial charge in [-0.15, -0.1) is 0 Å². The minimum absolute atomic E-state index is 0.0511. The van der Waals surface area contributed by atoms with Crippen LogP contribution in [-0.2, 0) is 20.2 Å². The van der Waals surface area contributed by atoms with Crippen LogP contribution in [0.5, 0.6) is 11.5 Å². The van der Waals surface area contributed by atoms with Crippen LogP contribution in [0.3, 0.4) is 0 Å². The van der Waals surface area contributed by atoms with Gasteiger partial charge in [0.1, 0.15) is 21.9 Å². The van der Waals surface area contributed by atoms with E-state index in [1.54, 1.807) is 12.1 Å². The molecular formula is C14H17NO5S. The molecule has 114 valence electrons. The van der Waals surface area contributed by atoms with E-state index in [2.05, 4.69) is 4.99 Å². The fourth-order valence-corrected chi connectivity index (χ4v) is 3.39. The zero-order valence-corrected chi connectivity index (χ0v) is 13.0. The highest BCUT2D eigenvalue weighted by molar-refractivity contribution is 7.90. The average Bonchev–Trinajstić information content (AvgIpc) is 2.40. The van der Waals surface area contributed by atoms with Gasteiger partial charge in [-0.05, 0) is 25.3 Å². The van der Waals surface area contributed by atoms with E-state index in [0.717, 1.165) is 12.7 Å². The number of benzene rings is 1. The number of hydrogen-bond acceptors (Lipinski definition) is 6. The van der Waals surface area contributed by atoms with Crippen molar-refractivity contribution in [3.8, 4) is 11.5 Å². The summed E-state index contributed by atoms with van der Waals surface area (Å²) in [6.45, 7) is 0. The van der Waals surface area contributed by atoms with Crippen LogP contribution in [-0.4, -0.2) is 35.0 Å². The van der Waals surface area contributed by atoms with Crippen LogP contribution < -0.4 is 9.47 Å². The molecule has 0 spiro atoms. The van der Waals surface area contributed by atoms with Crippen LogP contribution >= 0.6 is 0 Å². The lowest BCUT2D eigenvalue weighted by atomic mass is 9.72. The highest BCUT2D eigenvalue weighted by Gasteiger charge is 2.42. The molecule has 6 nitrogen and oxygen atoms in total. The number of sulfone groups is 1. The van der Waals surface area contributed by atoms with Gasteiger partial charge >= 0.3 is 0 Å². The number of rotatable bonds is 5. The molecule has 0 bridgehead atoms. The summed E-state index contributed by atoms with van der Waals surface area (Å²) in [4.78, 5) is 14.7. The molecule has 0 N–H and O–H groups in total. The Kier molecular flexibility index (Phi) is 4.07. The quantitative estimate of drug-likeness (QED) is 0.612. The molecule has 7 heteroatoms.